The molecule has 4 heteroatoms. The molecular formula is C15H31N3O. The summed E-state index contributed by atoms with van der Waals surface area (Å²) < 4.78 is 0. The molecule has 0 saturated heterocycles. The van der Waals surface area contributed by atoms with E-state index in [0.717, 1.165) is 44.2 Å². The molecule has 0 bridgehead atoms. The molecule has 0 aromatic heterocycles. The van der Waals surface area contributed by atoms with E-state index in [1.807, 2.05) is 6.20 Å². The minimum Gasteiger partial charge on any atom is -0.401 e. The molecule has 5 N–H and O–H groups in total. The lowest BCUT2D eigenvalue weighted by Gasteiger charge is -2.30. The van der Waals surface area contributed by atoms with E-state index in [9.17, 15) is 5.11 Å². The average Bonchev–Trinajstić information content (AvgIpc) is 2.27. The average molecular weight is 269 g/mol. The van der Waals surface area contributed by atoms with Crippen molar-refractivity contribution in [2.24, 2.45) is 17.5 Å². The van der Waals surface area contributed by atoms with Crippen LogP contribution >= 0.6 is 0 Å². The summed E-state index contributed by atoms with van der Waals surface area (Å²) in [6, 6.07) is 0. The fourth-order valence-corrected chi connectivity index (χ4v) is 2.56. The maximum atomic E-state index is 9.64. The maximum Gasteiger partial charge on any atom is 0.0542 e. The van der Waals surface area contributed by atoms with E-state index in [0.29, 0.717) is 5.92 Å². The molecule has 0 amide bonds. The highest BCUT2D eigenvalue weighted by molar-refractivity contribution is 4.97. The summed E-state index contributed by atoms with van der Waals surface area (Å²) in [4.78, 5) is 0. The molecule has 0 aromatic rings. The van der Waals surface area contributed by atoms with Gasteiger partial charge in [0, 0.05) is 17.4 Å². The van der Waals surface area contributed by atoms with Gasteiger partial charge in [0.05, 0.1) is 6.10 Å². The van der Waals surface area contributed by atoms with Crippen molar-refractivity contribution in [3.8, 4) is 0 Å². The molecule has 19 heavy (non-hydrogen) atoms. The number of nitrogens with two attached hydrogens (primary N) is 2. The van der Waals surface area contributed by atoms with Crippen LogP contribution in [0.3, 0.4) is 0 Å². The second-order valence-corrected chi connectivity index (χ2v) is 6.86. The molecule has 1 aliphatic rings. The van der Waals surface area contributed by atoms with Crippen molar-refractivity contribution in [3.05, 3.63) is 11.9 Å². The number of hydrogen-bond donors (Lipinski definition) is 3. The van der Waals surface area contributed by atoms with E-state index in [2.05, 4.69) is 20.8 Å². The molecule has 0 aliphatic heterocycles. The zero-order valence-corrected chi connectivity index (χ0v) is 12.7. The lowest BCUT2D eigenvalue weighted by atomic mass is 9.84. The highest BCUT2D eigenvalue weighted by atomic mass is 16.3. The van der Waals surface area contributed by atoms with Gasteiger partial charge in [-0.2, -0.15) is 0 Å². The summed E-state index contributed by atoms with van der Waals surface area (Å²) in [7, 11) is 0. The Morgan fingerprint density at radius 1 is 1.37 bits per heavy atom. The van der Waals surface area contributed by atoms with Crippen LogP contribution in [0.2, 0.25) is 0 Å². The van der Waals surface area contributed by atoms with Crippen molar-refractivity contribution in [3.63, 3.8) is 0 Å². The predicted molar refractivity (Wildman–Crippen MR) is 79.9 cm³/mol. The first-order valence-corrected chi connectivity index (χ1v) is 7.47. The zero-order valence-electron chi connectivity index (χ0n) is 12.7. The van der Waals surface area contributed by atoms with Gasteiger partial charge in [0.1, 0.15) is 0 Å². The SMILES string of the molecule is CC(C)(C)N(N)/C=C(\N)CCCC1CCCC(O)C1. The van der Waals surface area contributed by atoms with Crippen molar-refractivity contribution >= 4 is 0 Å². The van der Waals surface area contributed by atoms with Crippen molar-refractivity contribution in [1.29, 1.82) is 0 Å². The van der Waals surface area contributed by atoms with Gasteiger partial charge in [-0.05, 0) is 58.8 Å². The zero-order chi connectivity index (χ0) is 14.5. The summed E-state index contributed by atoms with van der Waals surface area (Å²) in [5.74, 6) is 6.60. The molecule has 0 heterocycles. The third-order valence-electron chi connectivity index (χ3n) is 3.91. The van der Waals surface area contributed by atoms with Gasteiger partial charge < -0.3 is 15.8 Å². The molecule has 0 spiro atoms. The molecule has 1 fully saturated rings. The molecule has 2 unspecified atom stereocenters. The number of allylic oxidation sites excluding steroid dienone is 1. The van der Waals surface area contributed by atoms with Crippen LogP contribution in [-0.4, -0.2) is 21.8 Å². The van der Waals surface area contributed by atoms with Gasteiger partial charge in [0.15, 0.2) is 0 Å². The Kier molecular flexibility index (Phi) is 6.14. The number of aliphatic hydroxyl groups is 1. The van der Waals surface area contributed by atoms with Crippen LogP contribution in [0.1, 0.15) is 65.7 Å². The Hall–Kier alpha value is -0.740. The van der Waals surface area contributed by atoms with Crippen molar-refractivity contribution in [2.75, 3.05) is 0 Å². The lowest BCUT2D eigenvalue weighted by molar-refractivity contribution is 0.0976. The standard InChI is InChI=1S/C15H31N3O/c1-15(2,3)18(17)11-13(16)8-4-6-12-7-5-9-14(19)10-12/h11-12,14,19H,4-10,16-17H2,1-3H3/b13-11-. The Bertz CT molecular complexity index is 296. The number of hydrogen-bond acceptors (Lipinski definition) is 4. The quantitative estimate of drug-likeness (QED) is 0.529. The molecule has 1 rings (SSSR count). The van der Waals surface area contributed by atoms with E-state index < -0.39 is 0 Å². The van der Waals surface area contributed by atoms with Crippen LogP contribution in [0, 0.1) is 5.92 Å². The van der Waals surface area contributed by atoms with Crippen molar-refractivity contribution in [2.45, 2.75) is 77.4 Å². The van der Waals surface area contributed by atoms with Crippen LogP contribution in [0.4, 0.5) is 0 Å². The summed E-state index contributed by atoms with van der Waals surface area (Å²) in [6.45, 7) is 6.17. The minimum atomic E-state index is -0.0991. The first-order chi connectivity index (χ1) is 8.79. The molecule has 4 nitrogen and oxygen atoms in total. The summed E-state index contributed by atoms with van der Waals surface area (Å²) in [5, 5.41) is 11.3. The molecule has 112 valence electrons. The maximum absolute atomic E-state index is 9.64. The van der Waals surface area contributed by atoms with Gasteiger partial charge in [-0.15, -0.1) is 0 Å². The van der Waals surface area contributed by atoms with E-state index in [1.54, 1.807) is 5.01 Å². The topological polar surface area (TPSA) is 75.5 Å². The fraction of sp³-hybridized carbons (Fsp3) is 0.867. The van der Waals surface area contributed by atoms with Crippen molar-refractivity contribution < 1.29 is 5.11 Å². The minimum absolute atomic E-state index is 0.0768. The fourth-order valence-electron chi connectivity index (χ4n) is 2.56. The largest absolute Gasteiger partial charge is 0.401 e. The second-order valence-electron chi connectivity index (χ2n) is 6.86. The van der Waals surface area contributed by atoms with E-state index >= 15 is 0 Å². The molecule has 0 radical (unpaired) electrons. The molecule has 1 saturated carbocycles. The monoisotopic (exact) mass is 269 g/mol. The van der Waals surface area contributed by atoms with Crippen LogP contribution in [0.25, 0.3) is 0 Å². The van der Waals surface area contributed by atoms with E-state index in [4.69, 9.17) is 11.6 Å². The highest BCUT2D eigenvalue weighted by Gasteiger charge is 2.19. The van der Waals surface area contributed by atoms with E-state index in [-0.39, 0.29) is 11.6 Å². The lowest BCUT2D eigenvalue weighted by Crippen LogP contribution is -2.43. The number of nitrogens with zero attached hydrogens (tertiary/aromatic N) is 1. The summed E-state index contributed by atoms with van der Waals surface area (Å²) in [5.41, 5.74) is 6.75. The third kappa shape index (κ3) is 6.30. The first kappa shape index (κ1) is 16.3. The molecule has 0 aromatic carbocycles. The third-order valence-corrected chi connectivity index (χ3v) is 3.91. The number of aliphatic hydroxyl groups excluding tert-OH is 1. The van der Waals surface area contributed by atoms with Gasteiger partial charge >= 0.3 is 0 Å². The second kappa shape index (κ2) is 7.15. The van der Waals surface area contributed by atoms with Gasteiger partial charge in [0.25, 0.3) is 0 Å². The predicted octanol–water partition coefficient (Wildman–Crippen LogP) is 2.48. The summed E-state index contributed by atoms with van der Waals surface area (Å²) in [6.07, 6.45) is 9.26. The molecule has 2 atom stereocenters. The molecular weight excluding hydrogens is 238 g/mol. The van der Waals surface area contributed by atoms with Gasteiger partial charge in [-0.3, -0.25) is 0 Å². The Labute approximate surface area is 117 Å². The summed E-state index contributed by atoms with van der Waals surface area (Å²) >= 11 is 0. The number of hydrazine groups is 1. The molecule has 1 aliphatic carbocycles. The Morgan fingerprint density at radius 2 is 2.05 bits per heavy atom. The Balaban J connectivity index is 2.26. The van der Waals surface area contributed by atoms with Crippen LogP contribution < -0.4 is 11.6 Å². The first-order valence-electron chi connectivity index (χ1n) is 7.47. The van der Waals surface area contributed by atoms with Gasteiger partial charge in [-0.25, -0.2) is 5.84 Å². The smallest absolute Gasteiger partial charge is 0.0542 e. The van der Waals surface area contributed by atoms with Crippen LogP contribution in [0.15, 0.2) is 11.9 Å². The van der Waals surface area contributed by atoms with Crippen LogP contribution in [0.5, 0.6) is 0 Å². The van der Waals surface area contributed by atoms with E-state index in [1.165, 1.54) is 6.42 Å². The van der Waals surface area contributed by atoms with Crippen molar-refractivity contribution in [1.82, 2.24) is 5.01 Å². The van der Waals surface area contributed by atoms with Crippen LogP contribution in [-0.2, 0) is 0 Å². The van der Waals surface area contributed by atoms with Gasteiger partial charge in [-0.1, -0.05) is 12.8 Å². The highest BCUT2D eigenvalue weighted by Crippen LogP contribution is 2.28. The normalized spacial score (nSPS) is 25.4. The Morgan fingerprint density at radius 3 is 2.63 bits per heavy atom. The number of rotatable bonds is 5. The van der Waals surface area contributed by atoms with Gasteiger partial charge in [0.2, 0.25) is 0 Å².